The Morgan fingerprint density at radius 2 is 1.50 bits per heavy atom. The zero-order valence-electron chi connectivity index (χ0n) is 14.4. The number of benzene rings is 3. The van der Waals surface area contributed by atoms with Crippen LogP contribution in [0.4, 0.5) is 8.78 Å². The molecule has 1 N–H and O–H groups in total. The number of alkyl halides is 2. The molecule has 0 aliphatic heterocycles. The summed E-state index contributed by atoms with van der Waals surface area (Å²) in [6.07, 6.45) is 0. The average molecular weight is 422 g/mol. The minimum atomic E-state index is -2.90. The summed E-state index contributed by atoms with van der Waals surface area (Å²) in [6.45, 7) is -2.90. The van der Waals surface area contributed by atoms with Gasteiger partial charge in [-0.05, 0) is 35.4 Å². The lowest BCUT2D eigenvalue weighted by Gasteiger charge is -2.21. The van der Waals surface area contributed by atoms with Gasteiger partial charge >= 0.3 is 6.61 Å². The highest BCUT2D eigenvalue weighted by molar-refractivity contribution is 6.43. The van der Waals surface area contributed by atoms with Gasteiger partial charge in [-0.1, -0.05) is 71.7 Å². The van der Waals surface area contributed by atoms with Crippen LogP contribution >= 0.6 is 23.2 Å². The molecule has 0 aliphatic carbocycles. The Morgan fingerprint density at radius 3 is 2.14 bits per heavy atom. The first-order valence-electron chi connectivity index (χ1n) is 8.30. The van der Waals surface area contributed by atoms with Crippen molar-refractivity contribution in [1.82, 2.24) is 5.32 Å². The summed E-state index contributed by atoms with van der Waals surface area (Å²) >= 11 is 12.2. The van der Waals surface area contributed by atoms with E-state index >= 15 is 0 Å². The number of carbonyl (C=O) groups excluding carboxylic acids is 1. The second kappa shape index (κ2) is 9.04. The van der Waals surface area contributed by atoms with Crippen molar-refractivity contribution >= 4 is 29.1 Å². The second-order valence-electron chi connectivity index (χ2n) is 5.87. The van der Waals surface area contributed by atoms with Gasteiger partial charge in [-0.2, -0.15) is 8.78 Å². The maximum atomic E-state index is 12.8. The van der Waals surface area contributed by atoms with Crippen molar-refractivity contribution in [3.8, 4) is 5.75 Å². The molecule has 0 heterocycles. The summed E-state index contributed by atoms with van der Waals surface area (Å²) in [5, 5.41) is 3.36. The van der Waals surface area contributed by atoms with E-state index in [1.165, 1.54) is 12.1 Å². The van der Waals surface area contributed by atoms with Crippen LogP contribution in [0.25, 0.3) is 0 Å². The van der Waals surface area contributed by atoms with E-state index in [0.717, 1.165) is 5.56 Å². The van der Waals surface area contributed by atoms with E-state index in [-0.39, 0.29) is 21.4 Å². The number of amides is 1. The lowest BCUT2D eigenvalue weighted by atomic mass is 9.98. The maximum absolute atomic E-state index is 12.8. The van der Waals surface area contributed by atoms with Crippen molar-refractivity contribution < 1.29 is 18.3 Å². The Labute approximate surface area is 170 Å². The molecule has 7 heteroatoms. The molecule has 144 valence electrons. The Balaban J connectivity index is 1.92. The molecule has 3 aromatic rings. The quantitative estimate of drug-likeness (QED) is 0.520. The molecule has 0 fully saturated rings. The predicted octanol–water partition coefficient (Wildman–Crippen LogP) is 6.11. The minimum Gasteiger partial charge on any atom is -0.435 e. The molecule has 28 heavy (non-hydrogen) atoms. The van der Waals surface area contributed by atoms with Crippen molar-refractivity contribution in [3.05, 3.63) is 99.5 Å². The van der Waals surface area contributed by atoms with Gasteiger partial charge in [0.25, 0.3) is 5.91 Å². The molecule has 0 bridgehead atoms. The highest BCUT2D eigenvalue weighted by atomic mass is 35.5. The third-order valence-electron chi connectivity index (χ3n) is 4.04. The van der Waals surface area contributed by atoms with Crippen LogP contribution in [0, 0.1) is 0 Å². The van der Waals surface area contributed by atoms with Crippen LogP contribution in [0.1, 0.15) is 27.5 Å². The monoisotopic (exact) mass is 421 g/mol. The Hall–Kier alpha value is -2.63. The summed E-state index contributed by atoms with van der Waals surface area (Å²) < 4.78 is 29.1. The molecule has 1 amide bonds. The topological polar surface area (TPSA) is 38.3 Å². The molecule has 3 rings (SSSR count). The van der Waals surface area contributed by atoms with Crippen LogP contribution in [0.15, 0.2) is 72.8 Å². The standard InChI is InChI=1S/C21H15Cl2F2NO2/c22-17-8-4-7-16(18(17)23)20(27)26-19(13-5-2-1-3-6-13)14-9-11-15(12-10-14)28-21(24)25/h1-12,19,21H,(H,26,27). The summed E-state index contributed by atoms with van der Waals surface area (Å²) in [7, 11) is 0. The zero-order valence-corrected chi connectivity index (χ0v) is 15.9. The first-order valence-corrected chi connectivity index (χ1v) is 9.06. The van der Waals surface area contributed by atoms with Gasteiger partial charge in [0.15, 0.2) is 0 Å². The fourth-order valence-corrected chi connectivity index (χ4v) is 3.12. The van der Waals surface area contributed by atoms with E-state index in [9.17, 15) is 13.6 Å². The number of halogens is 4. The fourth-order valence-electron chi connectivity index (χ4n) is 2.73. The number of nitrogens with one attached hydrogen (secondary N) is 1. The lowest BCUT2D eigenvalue weighted by molar-refractivity contribution is -0.0498. The van der Waals surface area contributed by atoms with Gasteiger partial charge in [-0.15, -0.1) is 0 Å². The lowest BCUT2D eigenvalue weighted by Crippen LogP contribution is -2.29. The molecular weight excluding hydrogens is 407 g/mol. The summed E-state index contributed by atoms with van der Waals surface area (Å²) in [5.41, 5.74) is 1.75. The number of hydrogen-bond acceptors (Lipinski definition) is 2. The van der Waals surface area contributed by atoms with Crippen molar-refractivity contribution in [3.63, 3.8) is 0 Å². The number of carbonyl (C=O) groups is 1. The van der Waals surface area contributed by atoms with Gasteiger partial charge in [0.2, 0.25) is 0 Å². The van der Waals surface area contributed by atoms with Gasteiger partial charge in [-0.25, -0.2) is 0 Å². The average Bonchev–Trinajstić information content (AvgIpc) is 2.69. The molecule has 0 aromatic heterocycles. The van der Waals surface area contributed by atoms with Crippen molar-refractivity contribution in [2.75, 3.05) is 0 Å². The number of ether oxygens (including phenoxy) is 1. The molecule has 3 aromatic carbocycles. The molecule has 0 aliphatic rings. The van der Waals surface area contributed by atoms with Gasteiger partial charge in [-0.3, -0.25) is 4.79 Å². The van der Waals surface area contributed by atoms with E-state index in [4.69, 9.17) is 23.2 Å². The molecule has 0 saturated carbocycles. The predicted molar refractivity (Wildman–Crippen MR) is 105 cm³/mol. The van der Waals surface area contributed by atoms with E-state index in [0.29, 0.717) is 5.56 Å². The minimum absolute atomic E-state index is 0.0368. The van der Waals surface area contributed by atoms with Crippen LogP contribution in [0.3, 0.4) is 0 Å². The maximum Gasteiger partial charge on any atom is 0.387 e. The van der Waals surface area contributed by atoms with Crippen molar-refractivity contribution in [2.45, 2.75) is 12.7 Å². The zero-order chi connectivity index (χ0) is 20.1. The number of rotatable bonds is 6. The summed E-state index contributed by atoms with van der Waals surface area (Å²) in [4.78, 5) is 12.8. The third kappa shape index (κ3) is 4.80. The largest absolute Gasteiger partial charge is 0.435 e. The van der Waals surface area contributed by atoms with Gasteiger partial charge in [0.05, 0.1) is 21.7 Å². The Kier molecular flexibility index (Phi) is 6.49. The smallest absolute Gasteiger partial charge is 0.387 e. The highest BCUT2D eigenvalue weighted by Gasteiger charge is 2.20. The molecule has 1 atom stereocenters. The van der Waals surface area contributed by atoms with Gasteiger partial charge in [0.1, 0.15) is 5.75 Å². The van der Waals surface area contributed by atoms with E-state index in [1.807, 2.05) is 30.3 Å². The Morgan fingerprint density at radius 1 is 0.857 bits per heavy atom. The van der Waals surface area contributed by atoms with Crippen LogP contribution in [0.2, 0.25) is 10.0 Å². The third-order valence-corrected chi connectivity index (χ3v) is 4.86. The van der Waals surface area contributed by atoms with Gasteiger partial charge in [0, 0.05) is 0 Å². The summed E-state index contributed by atoms with van der Waals surface area (Å²) in [5.74, 6) is -0.371. The Bertz CT molecular complexity index is 950. The van der Waals surface area contributed by atoms with Crippen LogP contribution in [-0.2, 0) is 0 Å². The van der Waals surface area contributed by atoms with Crippen LogP contribution in [-0.4, -0.2) is 12.5 Å². The first kappa shape index (κ1) is 20.1. The molecule has 0 spiro atoms. The van der Waals surface area contributed by atoms with Crippen molar-refractivity contribution in [2.24, 2.45) is 0 Å². The molecule has 0 saturated heterocycles. The van der Waals surface area contributed by atoms with Crippen LogP contribution < -0.4 is 10.1 Å². The number of hydrogen-bond donors (Lipinski definition) is 1. The molecule has 3 nitrogen and oxygen atoms in total. The SMILES string of the molecule is O=C(NC(c1ccccc1)c1ccc(OC(F)F)cc1)c1cccc(Cl)c1Cl. The van der Waals surface area contributed by atoms with E-state index in [1.54, 1.807) is 30.3 Å². The molecule has 0 radical (unpaired) electrons. The molecule has 1 unspecified atom stereocenters. The van der Waals surface area contributed by atoms with Crippen LogP contribution in [0.5, 0.6) is 5.75 Å². The van der Waals surface area contributed by atoms with Gasteiger partial charge < -0.3 is 10.1 Å². The normalized spacial score (nSPS) is 11.9. The van der Waals surface area contributed by atoms with E-state index in [2.05, 4.69) is 10.1 Å². The fraction of sp³-hybridized carbons (Fsp3) is 0.0952. The highest BCUT2D eigenvalue weighted by Crippen LogP contribution is 2.28. The first-order chi connectivity index (χ1) is 13.5. The van der Waals surface area contributed by atoms with Crippen molar-refractivity contribution in [1.29, 1.82) is 0 Å². The molecular formula is C21H15Cl2F2NO2. The van der Waals surface area contributed by atoms with E-state index < -0.39 is 18.6 Å². The second-order valence-corrected chi connectivity index (χ2v) is 6.65. The summed E-state index contributed by atoms with van der Waals surface area (Å²) in [6, 6.07) is 19.6.